The first-order valence-electron chi connectivity index (χ1n) is 6.37. The first-order chi connectivity index (χ1) is 9.90. The molecule has 1 saturated heterocycles. The summed E-state index contributed by atoms with van der Waals surface area (Å²) in [5, 5.41) is 20.1. The number of benzene rings is 1. The molecule has 1 aromatic rings. The fourth-order valence-electron chi connectivity index (χ4n) is 2.51. The number of hydrogen-bond acceptors (Lipinski definition) is 4. The van der Waals surface area contributed by atoms with E-state index < -0.39 is 22.8 Å². The fraction of sp³-hybridized carbons (Fsp3) is 0.385. The number of nitrogens with zero attached hydrogens (tertiary/aromatic N) is 2. The lowest BCUT2D eigenvalue weighted by molar-refractivity contribution is -0.385. The van der Waals surface area contributed by atoms with E-state index in [1.54, 1.807) is 0 Å². The van der Waals surface area contributed by atoms with Crippen molar-refractivity contribution in [3.63, 3.8) is 0 Å². The smallest absolute Gasteiger partial charge is 0.305 e. The topological polar surface area (TPSA) is 101 Å². The SMILES string of the molecule is O=C(O)CC1CCCN1C(=O)c1cc(Cl)ccc1[N+](=O)[O-]. The van der Waals surface area contributed by atoms with Crippen LogP contribution in [0.4, 0.5) is 5.69 Å². The van der Waals surface area contributed by atoms with Gasteiger partial charge >= 0.3 is 5.97 Å². The molecule has 1 heterocycles. The number of halogens is 1. The van der Waals surface area contributed by atoms with Crippen LogP contribution in [0, 0.1) is 10.1 Å². The molecule has 2 rings (SSSR count). The second-order valence-electron chi connectivity index (χ2n) is 4.81. The summed E-state index contributed by atoms with van der Waals surface area (Å²) in [6.45, 7) is 0.389. The maximum atomic E-state index is 12.5. The van der Waals surface area contributed by atoms with Crippen LogP contribution in [0.2, 0.25) is 5.02 Å². The third-order valence-corrected chi connectivity index (χ3v) is 3.67. The second-order valence-corrected chi connectivity index (χ2v) is 5.25. The van der Waals surface area contributed by atoms with Crippen molar-refractivity contribution in [2.75, 3.05) is 6.54 Å². The number of carbonyl (C=O) groups excluding carboxylic acids is 1. The van der Waals surface area contributed by atoms with Gasteiger partial charge in [-0.25, -0.2) is 0 Å². The van der Waals surface area contributed by atoms with E-state index in [0.717, 1.165) is 0 Å². The van der Waals surface area contributed by atoms with E-state index in [9.17, 15) is 19.7 Å². The van der Waals surface area contributed by atoms with E-state index in [-0.39, 0.29) is 22.7 Å². The summed E-state index contributed by atoms with van der Waals surface area (Å²) in [4.78, 5) is 35.1. The summed E-state index contributed by atoms with van der Waals surface area (Å²) in [6.07, 6.45) is 1.09. The van der Waals surface area contributed by atoms with Crippen LogP contribution in [0.1, 0.15) is 29.6 Å². The minimum atomic E-state index is -1.000. The monoisotopic (exact) mass is 312 g/mol. The highest BCUT2D eigenvalue weighted by atomic mass is 35.5. The molecule has 1 aromatic carbocycles. The Hall–Kier alpha value is -2.15. The Morgan fingerprint density at radius 2 is 2.19 bits per heavy atom. The Morgan fingerprint density at radius 1 is 1.48 bits per heavy atom. The molecule has 1 fully saturated rings. The maximum Gasteiger partial charge on any atom is 0.305 e. The molecule has 1 amide bonds. The van der Waals surface area contributed by atoms with Gasteiger partial charge in [0.1, 0.15) is 5.56 Å². The van der Waals surface area contributed by atoms with Gasteiger partial charge in [0, 0.05) is 23.7 Å². The fourth-order valence-corrected chi connectivity index (χ4v) is 2.68. The van der Waals surface area contributed by atoms with Crippen LogP contribution < -0.4 is 0 Å². The summed E-state index contributed by atoms with van der Waals surface area (Å²) in [7, 11) is 0. The lowest BCUT2D eigenvalue weighted by atomic mass is 10.1. The first kappa shape index (κ1) is 15.2. The first-order valence-corrected chi connectivity index (χ1v) is 6.74. The maximum absolute atomic E-state index is 12.5. The standard InChI is InChI=1S/C13H13ClN2O5/c14-8-3-4-11(16(20)21)10(6-8)13(19)15-5-1-2-9(15)7-12(17)18/h3-4,6,9H,1-2,5,7H2,(H,17,18). The predicted octanol–water partition coefficient (Wildman–Crippen LogP) is 2.33. The van der Waals surface area contributed by atoms with Gasteiger partial charge in [-0.3, -0.25) is 19.7 Å². The number of carboxylic acids is 1. The van der Waals surface area contributed by atoms with Crippen LogP contribution in [-0.2, 0) is 4.79 Å². The molecule has 0 spiro atoms. The average Bonchev–Trinajstić information content (AvgIpc) is 2.84. The summed E-state index contributed by atoms with van der Waals surface area (Å²) in [5.74, 6) is -1.55. The van der Waals surface area contributed by atoms with E-state index in [1.807, 2.05) is 0 Å². The molecule has 8 heteroatoms. The number of nitro groups is 1. The van der Waals surface area contributed by atoms with Crippen molar-refractivity contribution in [3.8, 4) is 0 Å². The van der Waals surface area contributed by atoms with Gasteiger partial charge in [-0.05, 0) is 25.0 Å². The van der Waals surface area contributed by atoms with Crippen LogP contribution in [0.5, 0.6) is 0 Å². The third-order valence-electron chi connectivity index (χ3n) is 3.43. The number of carbonyl (C=O) groups is 2. The summed E-state index contributed by atoms with van der Waals surface area (Å²) in [5.41, 5.74) is -0.435. The molecule has 1 unspecified atom stereocenters. The zero-order valence-corrected chi connectivity index (χ0v) is 11.7. The van der Waals surface area contributed by atoms with Gasteiger partial charge < -0.3 is 10.0 Å². The number of rotatable bonds is 4. The minimum absolute atomic E-state index is 0.107. The van der Waals surface area contributed by atoms with Crippen molar-refractivity contribution < 1.29 is 19.6 Å². The Bertz CT molecular complexity index is 604. The molecule has 0 aliphatic carbocycles. The molecule has 1 atom stereocenters. The highest BCUT2D eigenvalue weighted by Crippen LogP contribution is 2.28. The molecular weight excluding hydrogens is 300 g/mol. The van der Waals surface area contributed by atoms with E-state index >= 15 is 0 Å². The van der Waals surface area contributed by atoms with Crippen LogP contribution in [0.15, 0.2) is 18.2 Å². The largest absolute Gasteiger partial charge is 0.481 e. The Morgan fingerprint density at radius 3 is 2.81 bits per heavy atom. The van der Waals surface area contributed by atoms with E-state index in [0.29, 0.717) is 19.4 Å². The van der Waals surface area contributed by atoms with Crippen molar-refractivity contribution in [1.82, 2.24) is 4.90 Å². The molecule has 7 nitrogen and oxygen atoms in total. The average molecular weight is 313 g/mol. The van der Waals surface area contributed by atoms with Gasteiger partial charge in [-0.1, -0.05) is 11.6 Å². The summed E-state index contributed by atoms with van der Waals surface area (Å²) < 4.78 is 0. The highest BCUT2D eigenvalue weighted by Gasteiger charge is 2.34. The number of likely N-dealkylation sites (tertiary alicyclic amines) is 1. The van der Waals surface area contributed by atoms with Crippen molar-refractivity contribution in [2.45, 2.75) is 25.3 Å². The molecule has 1 aliphatic heterocycles. The predicted molar refractivity (Wildman–Crippen MR) is 74.4 cm³/mol. The van der Waals surface area contributed by atoms with Gasteiger partial charge in [-0.2, -0.15) is 0 Å². The van der Waals surface area contributed by atoms with Crippen molar-refractivity contribution >= 4 is 29.2 Å². The zero-order valence-electron chi connectivity index (χ0n) is 11.0. The summed E-state index contributed by atoms with van der Waals surface area (Å²) in [6, 6.07) is 3.33. The van der Waals surface area contributed by atoms with Crippen LogP contribution in [0.3, 0.4) is 0 Å². The molecule has 21 heavy (non-hydrogen) atoms. The van der Waals surface area contributed by atoms with Gasteiger partial charge in [-0.15, -0.1) is 0 Å². The molecule has 112 valence electrons. The van der Waals surface area contributed by atoms with Gasteiger partial charge in [0.2, 0.25) is 0 Å². The lowest BCUT2D eigenvalue weighted by Gasteiger charge is -2.23. The molecule has 0 saturated carbocycles. The molecule has 0 aromatic heterocycles. The number of nitro benzene ring substituents is 1. The zero-order chi connectivity index (χ0) is 15.6. The third kappa shape index (κ3) is 3.30. The van der Waals surface area contributed by atoms with Crippen molar-refractivity contribution in [1.29, 1.82) is 0 Å². The van der Waals surface area contributed by atoms with Crippen LogP contribution in [0.25, 0.3) is 0 Å². The Balaban J connectivity index is 2.33. The van der Waals surface area contributed by atoms with Crippen LogP contribution >= 0.6 is 11.6 Å². The Kier molecular flexibility index (Phi) is 4.42. The van der Waals surface area contributed by atoms with Gasteiger partial charge in [0.25, 0.3) is 11.6 Å². The van der Waals surface area contributed by atoms with E-state index in [1.165, 1.54) is 23.1 Å². The number of amides is 1. The molecular formula is C13H13ClN2O5. The van der Waals surface area contributed by atoms with Crippen molar-refractivity contribution in [3.05, 3.63) is 38.9 Å². The lowest BCUT2D eigenvalue weighted by Crippen LogP contribution is -2.37. The highest BCUT2D eigenvalue weighted by molar-refractivity contribution is 6.31. The molecule has 1 N–H and O–H groups in total. The molecule has 0 bridgehead atoms. The number of carboxylic acid groups (broad SMARTS) is 1. The number of hydrogen-bond donors (Lipinski definition) is 1. The minimum Gasteiger partial charge on any atom is -0.481 e. The van der Waals surface area contributed by atoms with E-state index in [4.69, 9.17) is 16.7 Å². The van der Waals surface area contributed by atoms with Gasteiger partial charge in [0.15, 0.2) is 0 Å². The second kappa shape index (κ2) is 6.09. The van der Waals surface area contributed by atoms with Crippen LogP contribution in [-0.4, -0.2) is 39.4 Å². The van der Waals surface area contributed by atoms with Gasteiger partial charge in [0.05, 0.1) is 11.3 Å². The van der Waals surface area contributed by atoms with E-state index in [2.05, 4.69) is 0 Å². The normalized spacial score (nSPS) is 17.8. The quantitative estimate of drug-likeness (QED) is 0.679. The molecule has 0 radical (unpaired) electrons. The molecule has 1 aliphatic rings. The number of aliphatic carboxylic acids is 1. The van der Waals surface area contributed by atoms with Crippen molar-refractivity contribution in [2.24, 2.45) is 0 Å². The Labute approximate surface area is 125 Å². The summed E-state index contributed by atoms with van der Waals surface area (Å²) >= 11 is 5.81.